The minimum Gasteiger partial charge on any atom is -0.376 e. The number of nitrogens with two attached hydrogens (primary N) is 1. The lowest BCUT2D eigenvalue weighted by atomic mass is 9.98. The topological polar surface area (TPSA) is 35.2 Å². The van der Waals surface area contributed by atoms with Gasteiger partial charge in [-0.1, -0.05) is 37.1 Å². The predicted molar refractivity (Wildman–Crippen MR) is 73.4 cm³/mol. The second-order valence-corrected chi connectivity index (χ2v) is 5.76. The smallest absolute Gasteiger partial charge is 0.0767 e. The third-order valence-electron chi connectivity index (χ3n) is 4.30. The largest absolute Gasteiger partial charge is 0.376 e. The van der Waals surface area contributed by atoms with Crippen molar-refractivity contribution in [1.82, 2.24) is 0 Å². The van der Waals surface area contributed by atoms with Crippen LogP contribution in [-0.2, 0) is 11.2 Å². The lowest BCUT2D eigenvalue weighted by Crippen LogP contribution is -2.28. The van der Waals surface area contributed by atoms with E-state index < -0.39 is 0 Å². The Morgan fingerprint density at radius 1 is 1.17 bits per heavy atom. The van der Waals surface area contributed by atoms with Crippen molar-refractivity contribution in [1.29, 1.82) is 0 Å². The number of rotatable bonds is 4. The van der Waals surface area contributed by atoms with Crippen LogP contribution in [0.15, 0.2) is 24.3 Å². The number of aryl methyl sites for hydroxylation is 1. The number of hydrogen-bond acceptors (Lipinski definition) is 2. The summed E-state index contributed by atoms with van der Waals surface area (Å²) in [5, 5.41) is 0. The lowest BCUT2D eigenvalue weighted by molar-refractivity contribution is 0.0267. The summed E-state index contributed by atoms with van der Waals surface area (Å²) < 4.78 is 6.06. The standard InChI is InChI=1S/C16H23NO/c17-16-14-6-2-1-4-13(14)5-3-7-15(16)18-11-10-12-8-9-12/h1-2,4,6,12,15-16H,3,5,7-11,17H2. The zero-order valence-corrected chi connectivity index (χ0v) is 11.0. The fourth-order valence-electron chi connectivity index (χ4n) is 2.94. The van der Waals surface area contributed by atoms with E-state index in [9.17, 15) is 0 Å². The number of benzene rings is 1. The zero-order chi connectivity index (χ0) is 12.4. The first kappa shape index (κ1) is 12.2. The molecule has 2 unspecified atom stereocenters. The molecule has 0 radical (unpaired) electrons. The number of fused-ring (bicyclic) bond motifs is 1. The minimum absolute atomic E-state index is 0.0582. The highest BCUT2D eigenvalue weighted by Crippen LogP contribution is 2.33. The van der Waals surface area contributed by atoms with Gasteiger partial charge < -0.3 is 10.5 Å². The Morgan fingerprint density at radius 3 is 2.83 bits per heavy atom. The van der Waals surface area contributed by atoms with Crippen molar-refractivity contribution in [2.75, 3.05) is 6.61 Å². The molecule has 2 heteroatoms. The minimum atomic E-state index is 0.0582. The molecule has 3 rings (SSSR count). The van der Waals surface area contributed by atoms with Crippen molar-refractivity contribution in [3.05, 3.63) is 35.4 Å². The van der Waals surface area contributed by atoms with Gasteiger partial charge in [-0.05, 0) is 42.7 Å². The Hall–Kier alpha value is -0.860. The predicted octanol–water partition coefficient (Wildman–Crippen LogP) is 3.21. The highest BCUT2D eigenvalue weighted by Gasteiger charge is 2.26. The molecular formula is C16H23NO. The quantitative estimate of drug-likeness (QED) is 0.827. The zero-order valence-electron chi connectivity index (χ0n) is 11.0. The van der Waals surface area contributed by atoms with Gasteiger partial charge in [0.05, 0.1) is 12.1 Å². The van der Waals surface area contributed by atoms with E-state index in [0.29, 0.717) is 0 Å². The van der Waals surface area contributed by atoms with E-state index in [1.54, 1.807) is 0 Å². The molecule has 0 saturated heterocycles. The van der Waals surface area contributed by atoms with E-state index in [1.165, 1.54) is 36.8 Å². The number of hydrogen-bond donors (Lipinski definition) is 1. The molecule has 1 aromatic rings. The van der Waals surface area contributed by atoms with Crippen LogP contribution >= 0.6 is 0 Å². The lowest BCUT2D eigenvalue weighted by Gasteiger charge is -2.23. The van der Waals surface area contributed by atoms with Gasteiger partial charge in [0.15, 0.2) is 0 Å². The van der Waals surface area contributed by atoms with Gasteiger partial charge >= 0.3 is 0 Å². The molecule has 1 saturated carbocycles. The first-order valence-electron chi connectivity index (χ1n) is 7.29. The van der Waals surface area contributed by atoms with Gasteiger partial charge in [-0.15, -0.1) is 0 Å². The SMILES string of the molecule is NC1c2ccccc2CCCC1OCCC1CC1. The second-order valence-electron chi connectivity index (χ2n) is 5.76. The van der Waals surface area contributed by atoms with E-state index in [-0.39, 0.29) is 12.1 Å². The van der Waals surface area contributed by atoms with Gasteiger partial charge in [0.25, 0.3) is 0 Å². The highest BCUT2D eigenvalue weighted by atomic mass is 16.5. The average molecular weight is 245 g/mol. The maximum Gasteiger partial charge on any atom is 0.0767 e. The molecule has 2 N–H and O–H groups in total. The van der Waals surface area contributed by atoms with Crippen LogP contribution in [0.5, 0.6) is 0 Å². The van der Waals surface area contributed by atoms with Crippen molar-refractivity contribution < 1.29 is 4.74 Å². The maximum atomic E-state index is 6.40. The molecule has 98 valence electrons. The highest BCUT2D eigenvalue weighted by molar-refractivity contribution is 5.31. The first-order valence-corrected chi connectivity index (χ1v) is 7.29. The Morgan fingerprint density at radius 2 is 2.00 bits per heavy atom. The summed E-state index contributed by atoms with van der Waals surface area (Å²) in [6.45, 7) is 0.894. The van der Waals surface area contributed by atoms with Crippen LogP contribution in [0.1, 0.15) is 49.3 Å². The van der Waals surface area contributed by atoms with Crippen LogP contribution in [0.4, 0.5) is 0 Å². The first-order chi connectivity index (χ1) is 8.84. The fraction of sp³-hybridized carbons (Fsp3) is 0.625. The molecule has 18 heavy (non-hydrogen) atoms. The van der Waals surface area contributed by atoms with Crippen LogP contribution in [0, 0.1) is 5.92 Å². The molecule has 0 heterocycles. The van der Waals surface area contributed by atoms with Gasteiger partial charge in [0, 0.05) is 6.61 Å². The molecule has 0 amide bonds. The van der Waals surface area contributed by atoms with Gasteiger partial charge in [0.2, 0.25) is 0 Å². The maximum absolute atomic E-state index is 6.40. The van der Waals surface area contributed by atoms with E-state index in [4.69, 9.17) is 10.5 Å². The van der Waals surface area contributed by atoms with Crippen LogP contribution in [0.25, 0.3) is 0 Å². The van der Waals surface area contributed by atoms with E-state index in [1.807, 2.05) is 0 Å². The van der Waals surface area contributed by atoms with Gasteiger partial charge in [-0.2, -0.15) is 0 Å². The van der Waals surface area contributed by atoms with Gasteiger partial charge in [-0.25, -0.2) is 0 Å². The Labute approximate surface area is 110 Å². The summed E-state index contributed by atoms with van der Waals surface area (Å²) >= 11 is 0. The summed E-state index contributed by atoms with van der Waals surface area (Å²) in [6.07, 6.45) is 7.69. The van der Waals surface area contributed by atoms with Crippen molar-refractivity contribution in [2.45, 2.75) is 50.7 Å². The monoisotopic (exact) mass is 245 g/mol. The average Bonchev–Trinajstić information content (AvgIpc) is 3.21. The molecule has 2 aliphatic rings. The third-order valence-corrected chi connectivity index (χ3v) is 4.30. The Balaban J connectivity index is 1.64. The van der Waals surface area contributed by atoms with Gasteiger partial charge in [-0.3, -0.25) is 0 Å². The molecule has 0 aliphatic heterocycles. The van der Waals surface area contributed by atoms with Crippen molar-refractivity contribution in [3.8, 4) is 0 Å². The molecule has 2 nitrogen and oxygen atoms in total. The second kappa shape index (κ2) is 5.41. The van der Waals surface area contributed by atoms with Crippen molar-refractivity contribution >= 4 is 0 Å². The fourth-order valence-corrected chi connectivity index (χ4v) is 2.94. The van der Waals surface area contributed by atoms with Crippen LogP contribution in [0.3, 0.4) is 0 Å². The summed E-state index contributed by atoms with van der Waals surface area (Å²) in [5.41, 5.74) is 9.11. The van der Waals surface area contributed by atoms with Crippen molar-refractivity contribution in [3.63, 3.8) is 0 Å². The molecular weight excluding hydrogens is 222 g/mol. The Kier molecular flexibility index (Phi) is 3.67. The van der Waals surface area contributed by atoms with Crippen LogP contribution < -0.4 is 5.73 Å². The summed E-state index contributed by atoms with van der Waals surface area (Å²) in [4.78, 5) is 0. The molecule has 2 aliphatic carbocycles. The normalized spacial score (nSPS) is 27.6. The number of ether oxygens (including phenoxy) is 1. The molecule has 0 bridgehead atoms. The summed E-state index contributed by atoms with van der Waals surface area (Å²) in [7, 11) is 0. The summed E-state index contributed by atoms with van der Waals surface area (Å²) in [5.74, 6) is 0.944. The Bertz CT molecular complexity index is 400. The third kappa shape index (κ3) is 2.76. The molecule has 1 fully saturated rings. The van der Waals surface area contributed by atoms with Gasteiger partial charge in [0.1, 0.15) is 0 Å². The molecule has 1 aromatic carbocycles. The van der Waals surface area contributed by atoms with E-state index in [2.05, 4.69) is 24.3 Å². The molecule has 0 spiro atoms. The molecule has 0 aromatic heterocycles. The molecule has 2 atom stereocenters. The summed E-state index contributed by atoms with van der Waals surface area (Å²) in [6, 6.07) is 8.64. The van der Waals surface area contributed by atoms with E-state index >= 15 is 0 Å². The van der Waals surface area contributed by atoms with Crippen LogP contribution in [-0.4, -0.2) is 12.7 Å². The van der Waals surface area contributed by atoms with E-state index in [0.717, 1.165) is 25.4 Å². The van der Waals surface area contributed by atoms with Crippen molar-refractivity contribution in [2.24, 2.45) is 11.7 Å². The van der Waals surface area contributed by atoms with Crippen LogP contribution in [0.2, 0.25) is 0 Å².